The Morgan fingerprint density at radius 3 is 3.00 bits per heavy atom. The maximum absolute atomic E-state index is 12.0. The van der Waals surface area contributed by atoms with Crippen LogP contribution in [0.15, 0.2) is 0 Å². The van der Waals surface area contributed by atoms with Gasteiger partial charge in [0, 0.05) is 12.8 Å². The summed E-state index contributed by atoms with van der Waals surface area (Å²) in [5.74, 6) is 0.678. The molecule has 1 amide bonds. The highest BCUT2D eigenvalue weighted by molar-refractivity contribution is 5.77. The molecule has 0 spiro atoms. The van der Waals surface area contributed by atoms with Crippen molar-refractivity contribution in [1.29, 1.82) is 0 Å². The van der Waals surface area contributed by atoms with E-state index in [1.807, 2.05) is 0 Å². The van der Waals surface area contributed by atoms with Crippen LogP contribution in [0.4, 0.5) is 0 Å². The number of hydrogen-bond acceptors (Lipinski definition) is 5. The first-order valence-corrected chi connectivity index (χ1v) is 8.95. The van der Waals surface area contributed by atoms with Crippen molar-refractivity contribution in [2.45, 2.75) is 70.2 Å². The summed E-state index contributed by atoms with van der Waals surface area (Å²) in [6, 6.07) is 0. The van der Waals surface area contributed by atoms with Crippen molar-refractivity contribution < 1.29 is 19.1 Å². The molecule has 23 heavy (non-hydrogen) atoms. The molecule has 2 aliphatic heterocycles. The predicted molar refractivity (Wildman–Crippen MR) is 84.5 cm³/mol. The fourth-order valence-electron chi connectivity index (χ4n) is 4.09. The topological polar surface area (TPSA) is 76.7 Å². The van der Waals surface area contributed by atoms with Gasteiger partial charge in [0.1, 0.15) is 12.7 Å². The lowest BCUT2D eigenvalue weighted by molar-refractivity contribution is -0.171. The van der Waals surface area contributed by atoms with Crippen LogP contribution >= 0.6 is 0 Å². The van der Waals surface area contributed by atoms with E-state index in [1.54, 1.807) is 0 Å². The number of nitrogens with one attached hydrogen (secondary N) is 2. The summed E-state index contributed by atoms with van der Waals surface area (Å²) in [5.41, 5.74) is 0. The highest BCUT2D eigenvalue weighted by Crippen LogP contribution is 2.38. The molecule has 0 aromatic heterocycles. The van der Waals surface area contributed by atoms with Crippen LogP contribution < -0.4 is 10.6 Å². The SMILES string of the molecule is CC1CC(=O)OC2CC(OCC(=O)NC3CCCCN3)CCC12. The minimum absolute atomic E-state index is 0.0133. The highest BCUT2D eigenvalue weighted by atomic mass is 16.5. The number of amides is 1. The van der Waals surface area contributed by atoms with Crippen LogP contribution in [-0.2, 0) is 19.1 Å². The van der Waals surface area contributed by atoms with Gasteiger partial charge in [0.25, 0.3) is 0 Å². The van der Waals surface area contributed by atoms with Crippen LogP contribution in [0.1, 0.15) is 51.9 Å². The lowest BCUT2D eigenvalue weighted by Gasteiger charge is -2.41. The number of esters is 1. The number of ether oxygens (including phenoxy) is 2. The first-order valence-electron chi connectivity index (χ1n) is 8.95. The van der Waals surface area contributed by atoms with Crippen molar-refractivity contribution in [2.75, 3.05) is 13.2 Å². The summed E-state index contributed by atoms with van der Waals surface area (Å²) in [5, 5.41) is 6.26. The van der Waals surface area contributed by atoms with E-state index in [4.69, 9.17) is 9.47 Å². The third-order valence-corrected chi connectivity index (χ3v) is 5.39. The molecule has 2 heterocycles. The zero-order valence-corrected chi connectivity index (χ0v) is 13.9. The normalized spacial score (nSPS) is 37.6. The van der Waals surface area contributed by atoms with Crippen molar-refractivity contribution in [2.24, 2.45) is 11.8 Å². The van der Waals surface area contributed by atoms with Gasteiger partial charge in [-0.05, 0) is 50.5 Å². The van der Waals surface area contributed by atoms with E-state index < -0.39 is 0 Å². The molecule has 2 saturated heterocycles. The summed E-state index contributed by atoms with van der Waals surface area (Å²) in [6.07, 6.45) is 6.56. The Kier molecular flexibility index (Phi) is 5.54. The van der Waals surface area contributed by atoms with E-state index in [-0.39, 0.29) is 36.9 Å². The lowest BCUT2D eigenvalue weighted by Crippen LogP contribution is -2.49. The average Bonchev–Trinajstić information content (AvgIpc) is 2.53. The van der Waals surface area contributed by atoms with Gasteiger partial charge >= 0.3 is 5.97 Å². The summed E-state index contributed by atoms with van der Waals surface area (Å²) in [7, 11) is 0. The standard InChI is InChI=1S/C17H28N2O4/c1-11-8-17(21)23-14-9-12(5-6-13(11)14)22-10-16(20)19-15-4-2-3-7-18-15/h11-15,18H,2-10H2,1H3,(H,19,20). The largest absolute Gasteiger partial charge is 0.462 e. The Bertz CT molecular complexity index is 436. The first-order chi connectivity index (χ1) is 11.1. The predicted octanol–water partition coefficient (Wildman–Crippen LogP) is 1.34. The monoisotopic (exact) mass is 324 g/mol. The zero-order valence-electron chi connectivity index (χ0n) is 13.9. The number of fused-ring (bicyclic) bond motifs is 1. The number of carbonyl (C=O) groups is 2. The summed E-state index contributed by atoms with van der Waals surface area (Å²) >= 11 is 0. The highest BCUT2D eigenvalue weighted by Gasteiger charge is 2.40. The number of hydrogen-bond donors (Lipinski definition) is 2. The Hall–Kier alpha value is -1.14. The molecule has 130 valence electrons. The van der Waals surface area contributed by atoms with Crippen LogP contribution in [0.25, 0.3) is 0 Å². The zero-order chi connectivity index (χ0) is 16.2. The van der Waals surface area contributed by atoms with Gasteiger partial charge in [0.05, 0.1) is 12.3 Å². The minimum Gasteiger partial charge on any atom is -0.462 e. The smallest absolute Gasteiger partial charge is 0.306 e. The third kappa shape index (κ3) is 4.44. The van der Waals surface area contributed by atoms with Crippen molar-refractivity contribution in [3.63, 3.8) is 0 Å². The molecule has 0 radical (unpaired) electrons. The summed E-state index contributed by atoms with van der Waals surface area (Å²) in [6.45, 7) is 3.18. The molecule has 5 unspecified atom stereocenters. The van der Waals surface area contributed by atoms with Gasteiger partial charge < -0.3 is 14.8 Å². The molecule has 1 saturated carbocycles. The van der Waals surface area contributed by atoms with Crippen molar-refractivity contribution in [3.8, 4) is 0 Å². The molecule has 0 aromatic carbocycles. The van der Waals surface area contributed by atoms with Gasteiger partial charge in [-0.3, -0.25) is 14.9 Å². The maximum Gasteiger partial charge on any atom is 0.306 e. The molecular weight excluding hydrogens is 296 g/mol. The fourth-order valence-corrected chi connectivity index (χ4v) is 4.09. The molecular formula is C17H28N2O4. The second kappa shape index (κ2) is 7.62. The second-order valence-corrected chi connectivity index (χ2v) is 7.19. The Morgan fingerprint density at radius 1 is 1.35 bits per heavy atom. The van der Waals surface area contributed by atoms with Gasteiger partial charge in [0.15, 0.2) is 0 Å². The molecule has 3 aliphatic rings. The van der Waals surface area contributed by atoms with E-state index in [0.29, 0.717) is 18.3 Å². The second-order valence-electron chi connectivity index (χ2n) is 7.19. The molecule has 0 bridgehead atoms. The molecule has 6 heteroatoms. The minimum atomic E-state index is -0.0967. The lowest BCUT2D eigenvalue weighted by atomic mass is 9.75. The van der Waals surface area contributed by atoms with Gasteiger partial charge in [0.2, 0.25) is 5.91 Å². The number of rotatable bonds is 4. The Morgan fingerprint density at radius 2 is 2.22 bits per heavy atom. The first kappa shape index (κ1) is 16.7. The molecule has 0 aromatic rings. The Balaban J connectivity index is 1.40. The number of carbonyl (C=O) groups excluding carboxylic acids is 2. The average molecular weight is 324 g/mol. The summed E-state index contributed by atoms with van der Waals surface area (Å²) in [4.78, 5) is 23.6. The van der Waals surface area contributed by atoms with Crippen LogP contribution in [0.2, 0.25) is 0 Å². The van der Waals surface area contributed by atoms with E-state index in [1.165, 1.54) is 6.42 Å². The molecule has 3 rings (SSSR count). The van der Waals surface area contributed by atoms with Gasteiger partial charge in [-0.25, -0.2) is 0 Å². The van der Waals surface area contributed by atoms with Crippen LogP contribution in [0.5, 0.6) is 0 Å². The van der Waals surface area contributed by atoms with Crippen molar-refractivity contribution in [1.82, 2.24) is 10.6 Å². The quantitative estimate of drug-likeness (QED) is 0.763. The molecule has 1 aliphatic carbocycles. The third-order valence-electron chi connectivity index (χ3n) is 5.39. The van der Waals surface area contributed by atoms with E-state index in [2.05, 4.69) is 17.6 Å². The van der Waals surface area contributed by atoms with Crippen LogP contribution in [-0.4, -0.2) is 43.4 Å². The molecule has 3 fully saturated rings. The Labute approximate surface area is 137 Å². The summed E-state index contributed by atoms with van der Waals surface area (Å²) < 4.78 is 11.3. The van der Waals surface area contributed by atoms with E-state index >= 15 is 0 Å². The fraction of sp³-hybridized carbons (Fsp3) is 0.882. The van der Waals surface area contributed by atoms with Crippen molar-refractivity contribution in [3.05, 3.63) is 0 Å². The number of piperidine rings is 1. The maximum atomic E-state index is 12.0. The van der Waals surface area contributed by atoms with Gasteiger partial charge in [-0.15, -0.1) is 0 Å². The van der Waals surface area contributed by atoms with Crippen LogP contribution in [0, 0.1) is 11.8 Å². The van der Waals surface area contributed by atoms with Gasteiger partial charge in [-0.2, -0.15) is 0 Å². The van der Waals surface area contributed by atoms with E-state index in [9.17, 15) is 9.59 Å². The van der Waals surface area contributed by atoms with Gasteiger partial charge in [-0.1, -0.05) is 6.92 Å². The van der Waals surface area contributed by atoms with Crippen LogP contribution in [0.3, 0.4) is 0 Å². The van der Waals surface area contributed by atoms with E-state index in [0.717, 1.165) is 38.6 Å². The molecule has 5 atom stereocenters. The van der Waals surface area contributed by atoms with Crippen molar-refractivity contribution >= 4 is 11.9 Å². The molecule has 6 nitrogen and oxygen atoms in total. The molecule has 2 N–H and O–H groups in total.